The average molecular weight is 323 g/mol. The molecule has 0 fully saturated rings. The molecule has 2 rings (SSSR count). The van der Waals surface area contributed by atoms with Crippen LogP contribution in [-0.4, -0.2) is 18.8 Å². The van der Waals surface area contributed by atoms with E-state index in [4.69, 9.17) is 9.47 Å². The molecule has 19 heavy (non-hydrogen) atoms. The zero-order valence-corrected chi connectivity index (χ0v) is 12.1. The Bertz CT molecular complexity index is 542. The monoisotopic (exact) mass is 322 g/mol. The van der Waals surface area contributed by atoms with Gasteiger partial charge in [0.05, 0.1) is 7.11 Å². The molecule has 0 aliphatic heterocycles. The van der Waals surface area contributed by atoms with Gasteiger partial charge in [0.15, 0.2) is 0 Å². The van der Waals surface area contributed by atoms with Crippen LogP contribution >= 0.6 is 15.9 Å². The lowest BCUT2D eigenvalue weighted by atomic mass is 10.1. The first-order chi connectivity index (χ1) is 9.19. The van der Waals surface area contributed by atoms with Gasteiger partial charge in [-0.3, -0.25) is 0 Å². The number of benzene rings is 2. The minimum Gasteiger partial charge on any atom is -0.497 e. The first-order valence-electron chi connectivity index (χ1n) is 5.89. The average Bonchev–Trinajstić information content (AvgIpc) is 2.45. The number of hydrogen-bond acceptors (Lipinski definition) is 3. The first-order valence-corrected chi connectivity index (χ1v) is 6.69. The van der Waals surface area contributed by atoms with Crippen molar-refractivity contribution in [1.82, 2.24) is 0 Å². The topological polar surface area (TPSA) is 38.7 Å². The van der Waals surface area contributed by atoms with E-state index in [2.05, 4.69) is 15.9 Å². The van der Waals surface area contributed by atoms with Crippen LogP contribution in [0.4, 0.5) is 0 Å². The molecule has 0 spiro atoms. The Labute approximate surface area is 120 Å². The molecule has 4 heteroatoms. The number of hydrogen-bond donors (Lipinski definition) is 1. The Balaban J connectivity index is 1.99. The Kier molecular flexibility index (Phi) is 4.82. The zero-order valence-electron chi connectivity index (χ0n) is 10.5. The molecule has 0 aliphatic carbocycles. The van der Waals surface area contributed by atoms with Crippen molar-refractivity contribution in [1.29, 1.82) is 0 Å². The van der Waals surface area contributed by atoms with Crippen molar-refractivity contribution in [3.8, 4) is 11.5 Å². The Morgan fingerprint density at radius 2 is 1.84 bits per heavy atom. The fraction of sp³-hybridized carbons (Fsp3) is 0.200. The highest BCUT2D eigenvalue weighted by Gasteiger charge is 2.09. The molecule has 0 radical (unpaired) electrons. The largest absolute Gasteiger partial charge is 0.497 e. The maximum absolute atomic E-state index is 10.1. The number of aliphatic hydroxyl groups excluding tert-OH is 1. The van der Waals surface area contributed by atoms with E-state index in [1.165, 1.54) is 0 Å². The summed E-state index contributed by atoms with van der Waals surface area (Å²) in [6, 6.07) is 14.8. The second-order valence-corrected chi connectivity index (χ2v) is 4.98. The predicted molar refractivity (Wildman–Crippen MR) is 77.6 cm³/mol. The summed E-state index contributed by atoms with van der Waals surface area (Å²) in [5, 5.41) is 10.1. The van der Waals surface area contributed by atoms with Crippen LogP contribution in [0.5, 0.6) is 11.5 Å². The Hall–Kier alpha value is -1.52. The highest BCUT2D eigenvalue weighted by Crippen LogP contribution is 2.22. The molecular formula is C15H15BrO3. The molecule has 0 bridgehead atoms. The van der Waals surface area contributed by atoms with Gasteiger partial charge in [-0.15, -0.1) is 0 Å². The minimum atomic E-state index is -0.686. The first kappa shape index (κ1) is 13.9. The maximum Gasteiger partial charge on any atom is 0.120 e. The molecule has 2 aromatic rings. The van der Waals surface area contributed by atoms with Crippen LogP contribution in [0.3, 0.4) is 0 Å². The number of ether oxygens (including phenoxy) is 2. The maximum atomic E-state index is 10.1. The zero-order chi connectivity index (χ0) is 13.7. The molecule has 3 nitrogen and oxygen atoms in total. The van der Waals surface area contributed by atoms with Gasteiger partial charge in [-0.25, -0.2) is 0 Å². The third-order valence-electron chi connectivity index (χ3n) is 2.68. The van der Waals surface area contributed by atoms with Gasteiger partial charge in [-0.1, -0.05) is 34.1 Å². The summed E-state index contributed by atoms with van der Waals surface area (Å²) in [6.07, 6.45) is -0.686. The third-order valence-corrected chi connectivity index (χ3v) is 3.18. The highest BCUT2D eigenvalue weighted by molar-refractivity contribution is 9.10. The molecule has 1 atom stereocenters. The van der Waals surface area contributed by atoms with Crippen LogP contribution in [0.15, 0.2) is 53.0 Å². The minimum absolute atomic E-state index is 0.198. The van der Waals surface area contributed by atoms with Crippen LogP contribution in [0.1, 0.15) is 11.7 Å². The Morgan fingerprint density at radius 1 is 1.11 bits per heavy atom. The standard InChI is InChI=1S/C15H15BrO3/c1-18-13-6-2-4-11(8-13)15(17)10-19-14-7-3-5-12(16)9-14/h2-9,15,17H,10H2,1H3. The summed E-state index contributed by atoms with van der Waals surface area (Å²) in [5.74, 6) is 1.44. The molecule has 0 aliphatic rings. The molecular weight excluding hydrogens is 308 g/mol. The van der Waals surface area contributed by atoms with Gasteiger partial charge in [0, 0.05) is 4.47 Å². The lowest BCUT2D eigenvalue weighted by molar-refractivity contribution is 0.108. The lowest BCUT2D eigenvalue weighted by Gasteiger charge is -2.13. The highest BCUT2D eigenvalue weighted by atomic mass is 79.9. The summed E-state index contributed by atoms with van der Waals surface area (Å²) >= 11 is 3.37. The molecule has 1 unspecified atom stereocenters. The van der Waals surface area contributed by atoms with Crippen molar-refractivity contribution < 1.29 is 14.6 Å². The molecule has 0 heterocycles. The number of methoxy groups -OCH3 is 1. The SMILES string of the molecule is COc1cccc(C(O)COc2cccc(Br)c2)c1. The molecule has 100 valence electrons. The van der Waals surface area contributed by atoms with Gasteiger partial charge >= 0.3 is 0 Å². The molecule has 2 aromatic carbocycles. The number of halogens is 1. The second kappa shape index (κ2) is 6.59. The van der Waals surface area contributed by atoms with Crippen molar-refractivity contribution in [2.75, 3.05) is 13.7 Å². The van der Waals surface area contributed by atoms with E-state index in [-0.39, 0.29) is 6.61 Å². The van der Waals surface area contributed by atoms with Gasteiger partial charge in [-0.2, -0.15) is 0 Å². The lowest BCUT2D eigenvalue weighted by Crippen LogP contribution is -2.09. The van der Waals surface area contributed by atoms with E-state index in [0.717, 1.165) is 21.5 Å². The van der Waals surface area contributed by atoms with Crippen LogP contribution in [-0.2, 0) is 0 Å². The van der Waals surface area contributed by atoms with Crippen LogP contribution in [0.2, 0.25) is 0 Å². The normalized spacial score (nSPS) is 11.9. The molecule has 0 saturated heterocycles. The van der Waals surface area contributed by atoms with Crippen LogP contribution in [0.25, 0.3) is 0 Å². The van der Waals surface area contributed by atoms with Gasteiger partial charge in [0.2, 0.25) is 0 Å². The van der Waals surface area contributed by atoms with Gasteiger partial charge in [0.1, 0.15) is 24.2 Å². The third kappa shape index (κ3) is 3.98. The van der Waals surface area contributed by atoms with E-state index in [0.29, 0.717) is 0 Å². The smallest absolute Gasteiger partial charge is 0.120 e. The molecule has 0 amide bonds. The van der Waals surface area contributed by atoms with Crippen molar-refractivity contribution in [3.63, 3.8) is 0 Å². The van der Waals surface area contributed by atoms with E-state index in [1.807, 2.05) is 42.5 Å². The predicted octanol–water partition coefficient (Wildman–Crippen LogP) is 3.57. The van der Waals surface area contributed by atoms with E-state index < -0.39 is 6.10 Å². The van der Waals surface area contributed by atoms with E-state index in [9.17, 15) is 5.11 Å². The fourth-order valence-corrected chi connectivity index (χ4v) is 2.06. The summed E-state index contributed by atoms with van der Waals surface area (Å²) in [4.78, 5) is 0. The second-order valence-electron chi connectivity index (χ2n) is 4.06. The van der Waals surface area contributed by atoms with Gasteiger partial charge < -0.3 is 14.6 Å². The van der Waals surface area contributed by atoms with Gasteiger partial charge in [0.25, 0.3) is 0 Å². The van der Waals surface area contributed by atoms with Crippen molar-refractivity contribution in [2.45, 2.75) is 6.10 Å². The van der Waals surface area contributed by atoms with Gasteiger partial charge in [-0.05, 0) is 35.9 Å². The summed E-state index contributed by atoms with van der Waals surface area (Å²) in [6.45, 7) is 0.198. The van der Waals surface area contributed by atoms with Crippen LogP contribution < -0.4 is 9.47 Å². The number of aliphatic hydroxyl groups is 1. The molecule has 1 N–H and O–H groups in total. The summed E-state index contributed by atoms with van der Waals surface area (Å²) < 4.78 is 11.6. The Morgan fingerprint density at radius 3 is 2.58 bits per heavy atom. The van der Waals surface area contributed by atoms with Crippen molar-refractivity contribution in [2.24, 2.45) is 0 Å². The van der Waals surface area contributed by atoms with Crippen LogP contribution in [0, 0.1) is 0 Å². The van der Waals surface area contributed by atoms with Crippen molar-refractivity contribution >= 4 is 15.9 Å². The number of rotatable bonds is 5. The quantitative estimate of drug-likeness (QED) is 0.914. The molecule has 0 saturated carbocycles. The fourth-order valence-electron chi connectivity index (χ4n) is 1.68. The van der Waals surface area contributed by atoms with Crippen molar-refractivity contribution in [3.05, 3.63) is 58.6 Å². The molecule has 0 aromatic heterocycles. The van der Waals surface area contributed by atoms with E-state index in [1.54, 1.807) is 13.2 Å². The van der Waals surface area contributed by atoms with E-state index >= 15 is 0 Å². The summed E-state index contributed by atoms with van der Waals surface area (Å²) in [7, 11) is 1.60. The summed E-state index contributed by atoms with van der Waals surface area (Å²) in [5.41, 5.74) is 0.773.